The van der Waals surface area contributed by atoms with Crippen molar-refractivity contribution in [1.29, 1.82) is 0 Å². The highest BCUT2D eigenvalue weighted by Crippen LogP contribution is 2.18. The first-order valence-electron chi connectivity index (χ1n) is 8.79. The fourth-order valence-corrected chi connectivity index (χ4v) is 4.33. The van der Waals surface area contributed by atoms with Crippen LogP contribution >= 0.6 is 11.6 Å². The zero-order chi connectivity index (χ0) is 20.9. The van der Waals surface area contributed by atoms with E-state index in [4.69, 9.17) is 20.8 Å². The molecule has 3 aromatic rings. The number of sulfone groups is 1. The van der Waals surface area contributed by atoms with Gasteiger partial charge in [-0.1, -0.05) is 35.9 Å². The van der Waals surface area contributed by atoms with Crippen LogP contribution in [0.15, 0.2) is 65.1 Å². The Balaban J connectivity index is 1.58. The van der Waals surface area contributed by atoms with E-state index in [2.05, 4.69) is 5.32 Å². The average Bonchev–Trinajstić information content (AvgIpc) is 3.14. The number of hydrogen-bond acceptors (Lipinski definition) is 5. The van der Waals surface area contributed by atoms with E-state index < -0.39 is 15.7 Å². The minimum atomic E-state index is -3.47. The molecule has 0 aliphatic rings. The third-order valence-corrected chi connectivity index (χ3v) is 5.87. The van der Waals surface area contributed by atoms with Gasteiger partial charge in [0.2, 0.25) is 0 Å². The third kappa shape index (κ3) is 6.10. The van der Waals surface area contributed by atoms with Gasteiger partial charge in [-0.15, -0.1) is 0 Å². The SMILES string of the molecule is COc1ccc(CNC(=O)c2ccc(CS(=O)(=O)Cc3cccc(Cl)c3)o2)cc1. The number of carbonyl (C=O) groups excluding carboxylic acids is 1. The van der Waals surface area contributed by atoms with Gasteiger partial charge in [-0.25, -0.2) is 8.42 Å². The fourth-order valence-electron chi connectivity index (χ4n) is 2.74. The maximum absolute atomic E-state index is 12.4. The molecular formula is C21H20ClNO5S. The zero-order valence-corrected chi connectivity index (χ0v) is 17.3. The average molecular weight is 434 g/mol. The Bertz CT molecular complexity index is 1090. The second-order valence-corrected chi connectivity index (χ2v) is 8.96. The van der Waals surface area contributed by atoms with Crippen molar-refractivity contribution in [2.45, 2.75) is 18.1 Å². The number of carbonyl (C=O) groups is 1. The minimum Gasteiger partial charge on any atom is -0.497 e. The number of ether oxygens (including phenoxy) is 1. The number of methoxy groups -OCH3 is 1. The number of rotatable bonds is 8. The van der Waals surface area contributed by atoms with Gasteiger partial charge in [-0.2, -0.15) is 0 Å². The van der Waals surface area contributed by atoms with E-state index in [9.17, 15) is 13.2 Å². The molecule has 0 unspecified atom stereocenters. The van der Waals surface area contributed by atoms with E-state index in [0.717, 1.165) is 11.3 Å². The summed E-state index contributed by atoms with van der Waals surface area (Å²) in [4.78, 5) is 12.3. The Labute approximate surface area is 174 Å². The quantitative estimate of drug-likeness (QED) is 0.580. The van der Waals surface area contributed by atoms with Crippen molar-refractivity contribution < 1.29 is 22.4 Å². The summed E-state index contributed by atoms with van der Waals surface area (Å²) >= 11 is 5.90. The summed E-state index contributed by atoms with van der Waals surface area (Å²) in [6.07, 6.45) is 0. The lowest BCUT2D eigenvalue weighted by Gasteiger charge is -2.05. The van der Waals surface area contributed by atoms with Crippen LogP contribution in [0.5, 0.6) is 5.75 Å². The predicted molar refractivity (Wildman–Crippen MR) is 111 cm³/mol. The van der Waals surface area contributed by atoms with Gasteiger partial charge < -0.3 is 14.5 Å². The summed E-state index contributed by atoms with van der Waals surface area (Å²) in [5.41, 5.74) is 1.50. The molecule has 3 rings (SSSR count). The van der Waals surface area contributed by atoms with Crippen LogP contribution in [-0.2, 0) is 27.9 Å². The number of halogens is 1. The molecule has 1 heterocycles. The van der Waals surface area contributed by atoms with Crippen molar-refractivity contribution in [3.63, 3.8) is 0 Å². The smallest absolute Gasteiger partial charge is 0.287 e. The molecule has 0 atom stereocenters. The largest absolute Gasteiger partial charge is 0.497 e. The molecule has 0 radical (unpaired) electrons. The summed E-state index contributed by atoms with van der Waals surface area (Å²) in [7, 11) is -1.89. The lowest BCUT2D eigenvalue weighted by atomic mass is 10.2. The van der Waals surface area contributed by atoms with Gasteiger partial charge in [0.25, 0.3) is 5.91 Å². The Hall–Kier alpha value is -2.77. The van der Waals surface area contributed by atoms with Crippen LogP contribution in [0.25, 0.3) is 0 Å². The van der Waals surface area contributed by atoms with E-state index >= 15 is 0 Å². The number of amides is 1. The van der Waals surface area contributed by atoms with Gasteiger partial charge in [0.1, 0.15) is 17.3 Å². The fraction of sp³-hybridized carbons (Fsp3) is 0.190. The molecule has 0 saturated carbocycles. The zero-order valence-electron chi connectivity index (χ0n) is 15.7. The highest BCUT2D eigenvalue weighted by molar-refractivity contribution is 7.89. The van der Waals surface area contributed by atoms with Crippen molar-refractivity contribution in [3.8, 4) is 5.75 Å². The standard InChI is InChI=1S/C21H20ClNO5S/c1-27-18-7-5-15(6-8-18)12-23-21(24)20-10-9-19(28-20)14-29(25,26)13-16-3-2-4-17(22)11-16/h2-11H,12-14H2,1H3,(H,23,24). The van der Waals surface area contributed by atoms with E-state index in [1.165, 1.54) is 12.1 Å². The first kappa shape index (κ1) is 21.0. The summed E-state index contributed by atoms with van der Waals surface area (Å²) in [5, 5.41) is 3.22. The molecule has 2 aromatic carbocycles. The van der Waals surface area contributed by atoms with Gasteiger partial charge in [0.05, 0.1) is 12.9 Å². The lowest BCUT2D eigenvalue weighted by molar-refractivity contribution is 0.0921. The molecule has 0 bridgehead atoms. The molecule has 1 N–H and O–H groups in total. The minimum absolute atomic E-state index is 0.0615. The van der Waals surface area contributed by atoms with Crippen LogP contribution in [0.2, 0.25) is 5.02 Å². The van der Waals surface area contributed by atoms with Crippen molar-refractivity contribution in [2.24, 2.45) is 0 Å². The van der Waals surface area contributed by atoms with Crippen LogP contribution in [-0.4, -0.2) is 21.4 Å². The van der Waals surface area contributed by atoms with Crippen LogP contribution in [0.4, 0.5) is 0 Å². The molecule has 152 valence electrons. The molecule has 29 heavy (non-hydrogen) atoms. The topological polar surface area (TPSA) is 85.6 Å². The summed E-state index contributed by atoms with van der Waals surface area (Å²) in [6.45, 7) is 0.311. The maximum atomic E-state index is 12.4. The second-order valence-electron chi connectivity index (χ2n) is 6.46. The number of hydrogen-bond donors (Lipinski definition) is 1. The van der Waals surface area contributed by atoms with Gasteiger partial charge >= 0.3 is 0 Å². The van der Waals surface area contributed by atoms with E-state index in [0.29, 0.717) is 17.1 Å². The number of nitrogens with one attached hydrogen (secondary N) is 1. The molecule has 0 fully saturated rings. The normalized spacial score (nSPS) is 11.2. The Kier molecular flexibility index (Phi) is 6.61. The third-order valence-electron chi connectivity index (χ3n) is 4.14. The van der Waals surface area contributed by atoms with Gasteiger partial charge in [0.15, 0.2) is 15.6 Å². The second kappa shape index (κ2) is 9.15. The highest BCUT2D eigenvalue weighted by Gasteiger charge is 2.18. The van der Waals surface area contributed by atoms with Crippen LogP contribution < -0.4 is 10.1 Å². The van der Waals surface area contributed by atoms with Gasteiger partial charge in [0, 0.05) is 11.6 Å². The van der Waals surface area contributed by atoms with Crippen molar-refractivity contribution >= 4 is 27.3 Å². The van der Waals surface area contributed by atoms with E-state index in [1.54, 1.807) is 43.5 Å². The van der Waals surface area contributed by atoms with Crippen molar-refractivity contribution in [2.75, 3.05) is 7.11 Å². The molecule has 1 aromatic heterocycles. The van der Waals surface area contributed by atoms with Crippen LogP contribution in [0.1, 0.15) is 27.4 Å². The maximum Gasteiger partial charge on any atom is 0.287 e. The Morgan fingerprint density at radius 1 is 1.03 bits per heavy atom. The van der Waals surface area contributed by atoms with Crippen molar-refractivity contribution in [1.82, 2.24) is 5.32 Å². The number of furan rings is 1. The monoisotopic (exact) mass is 433 g/mol. The Morgan fingerprint density at radius 2 is 1.79 bits per heavy atom. The molecule has 0 saturated heterocycles. The first-order chi connectivity index (χ1) is 13.8. The van der Waals surface area contributed by atoms with Crippen LogP contribution in [0.3, 0.4) is 0 Å². The van der Waals surface area contributed by atoms with E-state index in [1.807, 2.05) is 12.1 Å². The first-order valence-corrected chi connectivity index (χ1v) is 11.0. The molecule has 0 spiro atoms. The summed E-state index contributed by atoms with van der Waals surface area (Å²) < 4.78 is 35.3. The van der Waals surface area contributed by atoms with Gasteiger partial charge in [-0.05, 0) is 47.5 Å². The molecule has 6 nitrogen and oxygen atoms in total. The number of benzene rings is 2. The van der Waals surface area contributed by atoms with Gasteiger partial charge in [-0.3, -0.25) is 4.79 Å². The molecule has 0 aliphatic heterocycles. The molecule has 1 amide bonds. The lowest BCUT2D eigenvalue weighted by Crippen LogP contribution is -2.22. The Morgan fingerprint density at radius 3 is 2.48 bits per heavy atom. The van der Waals surface area contributed by atoms with Crippen LogP contribution in [0, 0.1) is 0 Å². The van der Waals surface area contributed by atoms with Crippen molar-refractivity contribution in [3.05, 3.63) is 88.3 Å². The highest BCUT2D eigenvalue weighted by atomic mass is 35.5. The molecular weight excluding hydrogens is 414 g/mol. The van der Waals surface area contributed by atoms with E-state index in [-0.39, 0.29) is 23.0 Å². The molecule has 8 heteroatoms. The molecule has 0 aliphatic carbocycles. The summed E-state index contributed by atoms with van der Waals surface area (Å²) in [5.74, 6) is 0.126. The predicted octanol–water partition coefficient (Wildman–Crippen LogP) is 3.99. The summed E-state index contributed by atoms with van der Waals surface area (Å²) in [6, 6.07) is 16.9.